The van der Waals surface area contributed by atoms with Gasteiger partial charge in [-0.3, -0.25) is 4.79 Å². The molecule has 1 atom stereocenters. The van der Waals surface area contributed by atoms with E-state index in [1.54, 1.807) is 0 Å². The SMILES string of the molecule is Cc1ccc(C)c(NC(=O)CC(CN)CC(C)C)c1. The van der Waals surface area contributed by atoms with E-state index in [1.807, 2.05) is 32.0 Å². The number of benzene rings is 1. The lowest BCUT2D eigenvalue weighted by molar-refractivity contribution is -0.117. The average Bonchev–Trinajstić information content (AvgIpc) is 2.32. The number of carbonyl (C=O) groups is 1. The van der Waals surface area contributed by atoms with E-state index in [1.165, 1.54) is 0 Å². The maximum atomic E-state index is 12.1. The molecule has 0 bridgehead atoms. The molecule has 3 heteroatoms. The lowest BCUT2D eigenvalue weighted by Gasteiger charge is -2.17. The molecule has 1 aromatic carbocycles. The first-order chi connectivity index (χ1) is 8.92. The van der Waals surface area contributed by atoms with Crippen molar-refractivity contribution in [3.63, 3.8) is 0 Å². The molecule has 0 aliphatic carbocycles. The van der Waals surface area contributed by atoms with E-state index in [9.17, 15) is 4.79 Å². The maximum absolute atomic E-state index is 12.1. The lowest BCUT2D eigenvalue weighted by atomic mass is 9.94. The molecule has 0 radical (unpaired) electrons. The Morgan fingerprint density at radius 3 is 2.58 bits per heavy atom. The van der Waals surface area contributed by atoms with Crippen molar-refractivity contribution in [2.75, 3.05) is 11.9 Å². The first kappa shape index (κ1) is 15.7. The van der Waals surface area contributed by atoms with Crippen molar-refractivity contribution >= 4 is 11.6 Å². The zero-order valence-electron chi connectivity index (χ0n) is 12.5. The Hall–Kier alpha value is -1.35. The van der Waals surface area contributed by atoms with Crippen molar-refractivity contribution in [1.82, 2.24) is 0 Å². The highest BCUT2D eigenvalue weighted by Gasteiger charge is 2.14. The second-order valence-electron chi connectivity index (χ2n) is 5.80. The molecule has 3 N–H and O–H groups in total. The van der Waals surface area contributed by atoms with Gasteiger partial charge in [0.05, 0.1) is 0 Å². The predicted octanol–water partition coefficient (Wildman–Crippen LogP) is 3.25. The fraction of sp³-hybridized carbons (Fsp3) is 0.562. The molecule has 0 fully saturated rings. The summed E-state index contributed by atoms with van der Waals surface area (Å²) in [6.45, 7) is 8.91. The molecule has 106 valence electrons. The topological polar surface area (TPSA) is 55.1 Å². The number of rotatable bonds is 6. The van der Waals surface area contributed by atoms with Crippen molar-refractivity contribution < 1.29 is 4.79 Å². The summed E-state index contributed by atoms with van der Waals surface area (Å²) in [6.07, 6.45) is 1.50. The number of amides is 1. The van der Waals surface area contributed by atoms with Crippen LogP contribution in [0.1, 0.15) is 37.8 Å². The van der Waals surface area contributed by atoms with Crippen molar-refractivity contribution in [2.24, 2.45) is 17.6 Å². The summed E-state index contributed by atoms with van der Waals surface area (Å²) in [5.74, 6) is 0.900. The minimum absolute atomic E-state index is 0.0600. The molecule has 1 aromatic rings. The van der Waals surface area contributed by atoms with Gasteiger partial charge >= 0.3 is 0 Å². The van der Waals surface area contributed by atoms with E-state index in [-0.39, 0.29) is 11.8 Å². The number of aryl methyl sites for hydroxylation is 2. The molecule has 1 unspecified atom stereocenters. The van der Waals surface area contributed by atoms with Crippen LogP contribution in [0.2, 0.25) is 0 Å². The van der Waals surface area contributed by atoms with Crippen LogP contribution < -0.4 is 11.1 Å². The summed E-state index contributed by atoms with van der Waals surface area (Å²) in [6, 6.07) is 6.08. The fourth-order valence-electron chi connectivity index (χ4n) is 2.26. The van der Waals surface area contributed by atoms with Gasteiger partial charge in [0.2, 0.25) is 5.91 Å². The zero-order valence-corrected chi connectivity index (χ0v) is 12.5. The molecule has 0 aliphatic rings. The normalized spacial score (nSPS) is 12.5. The van der Waals surface area contributed by atoms with Gasteiger partial charge in [-0.1, -0.05) is 26.0 Å². The van der Waals surface area contributed by atoms with Crippen LogP contribution in [0.3, 0.4) is 0 Å². The van der Waals surface area contributed by atoms with Gasteiger partial charge in [0.15, 0.2) is 0 Å². The van der Waals surface area contributed by atoms with Crippen LogP contribution in [0.5, 0.6) is 0 Å². The van der Waals surface area contributed by atoms with Gasteiger partial charge in [-0.05, 0) is 55.8 Å². The van der Waals surface area contributed by atoms with Crippen LogP contribution in [-0.2, 0) is 4.79 Å². The monoisotopic (exact) mass is 262 g/mol. The van der Waals surface area contributed by atoms with Crippen LogP contribution in [0.15, 0.2) is 18.2 Å². The van der Waals surface area contributed by atoms with Crippen molar-refractivity contribution in [3.05, 3.63) is 29.3 Å². The molecule has 1 amide bonds. The maximum Gasteiger partial charge on any atom is 0.224 e. The van der Waals surface area contributed by atoms with Crippen LogP contribution in [0.25, 0.3) is 0 Å². The fourth-order valence-corrected chi connectivity index (χ4v) is 2.26. The molecular formula is C16H26N2O. The van der Waals surface area contributed by atoms with Crippen LogP contribution in [-0.4, -0.2) is 12.5 Å². The zero-order chi connectivity index (χ0) is 14.4. The molecule has 0 saturated carbocycles. The molecular weight excluding hydrogens is 236 g/mol. The first-order valence-electron chi connectivity index (χ1n) is 6.99. The summed E-state index contributed by atoms with van der Waals surface area (Å²) in [5, 5.41) is 2.99. The van der Waals surface area contributed by atoms with Crippen molar-refractivity contribution in [2.45, 2.75) is 40.5 Å². The Morgan fingerprint density at radius 2 is 2.00 bits per heavy atom. The van der Waals surface area contributed by atoms with Crippen molar-refractivity contribution in [3.8, 4) is 0 Å². The minimum atomic E-state index is 0.0600. The van der Waals surface area contributed by atoms with E-state index in [4.69, 9.17) is 5.73 Å². The Kier molecular flexibility index (Phi) is 6.03. The molecule has 0 spiro atoms. The van der Waals surface area contributed by atoms with Gasteiger partial charge in [-0.2, -0.15) is 0 Å². The van der Waals surface area contributed by atoms with Crippen molar-refractivity contribution in [1.29, 1.82) is 0 Å². The molecule has 0 aromatic heterocycles. The van der Waals surface area contributed by atoms with E-state index < -0.39 is 0 Å². The Balaban J connectivity index is 2.61. The molecule has 1 rings (SSSR count). The first-order valence-corrected chi connectivity index (χ1v) is 6.99. The number of anilines is 1. The average molecular weight is 262 g/mol. The number of hydrogen-bond acceptors (Lipinski definition) is 2. The number of nitrogens with one attached hydrogen (secondary N) is 1. The van der Waals surface area contributed by atoms with Gasteiger partial charge in [0.25, 0.3) is 0 Å². The number of hydrogen-bond donors (Lipinski definition) is 2. The van der Waals surface area contributed by atoms with Crippen LogP contribution in [0.4, 0.5) is 5.69 Å². The Morgan fingerprint density at radius 1 is 1.32 bits per heavy atom. The van der Waals surface area contributed by atoms with E-state index >= 15 is 0 Å². The summed E-state index contributed by atoms with van der Waals surface area (Å²) < 4.78 is 0. The predicted molar refractivity (Wildman–Crippen MR) is 81.2 cm³/mol. The summed E-state index contributed by atoms with van der Waals surface area (Å²) >= 11 is 0. The van der Waals surface area contributed by atoms with Gasteiger partial charge in [0, 0.05) is 12.1 Å². The highest BCUT2D eigenvalue weighted by Crippen LogP contribution is 2.19. The van der Waals surface area contributed by atoms with Gasteiger partial charge in [-0.25, -0.2) is 0 Å². The minimum Gasteiger partial charge on any atom is -0.330 e. The second-order valence-corrected chi connectivity index (χ2v) is 5.80. The largest absolute Gasteiger partial charge is 0.330 e. The summed E-state index contributed by atoms with van der Waals surface area (Å²) in [7, 11) is 0. The van der Waals surface area contributed by atoms with Crippen LogP contribution >= 0.6 is 0 Å². The van der Waals surface area contributed by atoms with Crippen LogP contribution in [0, 0.1) is 25.7 Å². The smallest absolute Gasteiger partial charge is 0.224 e. The molecule has 0 saturated heterocycles. The molecule has 19 heavy (non-hydrogen) atoms. The lowest BCUT2D eigenvalue weighted by Crippen LogP contribution is -2.23. The summed E-state index contributed by atoms with van der Waals surface area (Å²) in [5.41, 5.74) is 8.89. The third kappa shape index (κ3) is 5.43. The molecule has 0 aliphatic heterocycles. The van der Waals surface area contributed by atoms with E-state index in [0.717, 1.165) is 23.2 Å². The molecule has 3 nitrogen and oxygen atoms in total. The Bertz CT molecular complexity index is 427. The molecule has 0 heterocycles. The number of carbonyl (C=O) groups excluding carboxylic acids is 1. The highest BCUT2D eigenvalue weighted by molar-refractivity contribution is 5.91. The quantitative estimate of drug-likeness (QED) is 0.826. The van der Waals surface area contributed by atoms with E-state index in [2.05, 4.69) is 19.2 Å². The third-order valence-electron chi connectivity index (χ3n) is 3.28. The van der Waals surface area contributed by atoms with Gasteiger partial charge < -0.3 is 11.1 Å². The summed E-state index contributed by atoms with van der Waals surface area (Å²) in [4.78, 5) is 12.1. The van der Waals surface area contributed by atoms with Gasteiger partial charge in [0.1, 0.15) is 0 Å². The third-order valence-corrected chi connectivity index (χ3v) is 3.28. The Labute approximate surface area is 116 Å². The standard InChI is InChI=1S/C16H26N2O/c1-11(2)7-14(10-17)9-16(19)18-15-8-12(3)5-6-13(15)4/h5-6,8,11,14H,7,9-10,17H2,1-4H3,(H,18,19). The van der Waals surface area contributed by atoms with E-state index in [0.29, 0.717) is 18.9 Å². The highest BCUT2D eigenvalue weighted by atomic mass is 16.1. The van der Waals surface area contributed by atoms with Gasteiger partial charge in [-0.15, -0.1) is 0 Å². The number of nitrogens with two attached hydrogens (primary N) is 1. The second kappa shape index (κ2) is 7.29.